The molecule has 1 rings (SSSR count). The minimum atomic E-state index is -0.370. The molecule has 1 fully saturated rings. The van der Waals surface area contributed by atoms with Crippen LogP contribution in [0.25, 0.3) is 0 Å². The standard InChI is InChI=1S/C16H26O4S2/c1-3-16(17)18-11-5-4-6-12-19-20-14(2)8-7-9-15-10-13-21-22-15/h3,15H,1-2,4-13H2. The van der Waals surface area contributed by atoms with E-state index in [2.05, 4.69) is 13.2 Å². The summed E-state index contributed by atoms with van der Waals surface area (Å²) in [4.78, 5) is 21.1. The maximum atomic E-state index is 10.8. The van der Waals surface area contributed by atoms with Crippen molar-refractivity contribution >= 4 is 27.6 Å². The number of esters is 1. The molecular formula is C16H26O4S2. The normalized spacial score (nSPS) is 17.2. The number of hydrogen-bond donors (Lipinski definition) is 0. The van der Waals surface area contributed by atoms with E-state index in [-0.39, 0.29) is 5.97 Å². The van der Waals surface area contributed by atoms with Crippen molar-refractivity contribution in [3.05, 3.63) is 25.0 Å². The fourth-order valence-electron chi connectivity index (χ4n) is 1.93. The fourth-order valence-corrected chi connectivity index (χ4v) is 4.96. The maximum Gasteiger partial charge on any atom is 0.330 e. The maximum absolute atomic E-state index is 10.8. The quantitative estimate of drug-likeness (QED) is 0.0918. The van der Waals surface area contributed by atoms with E-state index in [0.717, 1.165) is 37.4 Å². The van der Waals surface area contributed by atoms with Crippen molar-refractivity contribution in [1.82, 2.24) is 0 Å². The number of ether oxygens (including phenoxy) is 1. The zero-order chi connectivity index (χ0) is 16.0. The second-order valence-corrected chi connectivity index (χ2v) is 7.88. The Hall–Kier alpha value is -0.590. The molecule has 0 saturated carbocycles. The molecule has 1 heterocycles. The van der Waals surface area contributed by atoms with Gasteiger partial charge < -0.3 is 9.62 Å². The summed E-state index contributed by atoms with van der Waals surface area (Å²) in [5.41, 5.74) is 0. The van der Waals surface area contributed by atoms with Crippen molar-refractivity contribution in [2.75, 3.05) is 19.0 Å². The highest BCUT2D eigenvalue weighted by Crippen LogP contribution is 2.40. The first-order valence-corrected chi connectivity index (χ1v) is 10.2. The molecule has 1 atom stereocenters. The van der Waals surface area contributed by atoms with Gasteiger partial charge >= 0.3 is 5.97 Å². The molecule has 6 heteroatoms. The van der Waals surface area contributed by atoms with Crippen LogP contribution in [-0.4, -0.2) is 30.2 Å². The van der Waals surface area contributed by atoms with Crippen LogP contribution in [0.3, 0.4) is 0 Å². The van der Waals surface area contributed by atoms with Gasteiger partial charge in [0.1, 0.15) is 5.76 Å². The van der Waals surface area contributed by atoms with Gasteiger partial charge in [0, 0.05) is 23.5 Å². The second kappa shape index (κ2) is 12.9. The first kappa shape index (κ1) is 19.5. The van der Waals surface area contributed by atoms with Gasteiger partial charge in [0.05, 0.1) is 13.2 Å². The van der Waals surface area contributed by atoms with Crippen molar-refractivity contribution < 1.29 is 19.3 Å². The van der Waals surface area contributed by atoms with Gasteiger partial charge in [-0.15, -0.1) is 0 Å². The minimum Gasteiger partial charge on any atom is -0.463 e. The topological polar surface area (TPSA) is 44.8 Å². The van der Waals surface area contributed by atoms with E-state index in [4.69, 9.17) is 14.5 Å². The van der Waals surface area contributed by atoms with Crippen LogP contribution in [-0.2, 0) is 19.3 Å². The van der Waals surface area contributed by atoms with Gasteiger partial charge in [-0.3, -0.25) is 0 Å². The van der Waals surface area contributed by atoms with Crippen molar-refractivity contribution in [3.8, 4) is 0 Å². The number of rotatable bonds is 13. The molecule has 0 aliphatic carbocycles. The molecule has 0 aromatic carbocycles. The van der Waals surface area contributed by atoms with E-state index in [0.29, 0.717) is 19.0 Å². The molecule has 1 aliphatic heterocycles. The minimum absolute atomic E-state index is 0.370. The third-order valence-electron chi connectivity index (χ3n) is 3.17. The Morgan fingerprint density at radius 2 is 2.05 bits per heavy atom. The van der Waals surface area contributed by atoms with Crippen LogP contribution >= 0.6 is 21.6 Å². The molecule has 0 amide bonds. The average molecular weight is 347 g/mol. The molecule has 0 radical (unpaired) electrons. The van der Waals surface area contributed by atoms with Gasteiger partial charge in [-0.25, -0.2) is 4.79 Å². The summed E-state index contributed by atoms with van der Waals surface area (Å²) in [7, 11) is 3.98. The fraction of sp³-hybridized carbons (Fsp3) is 0.688. The molecule has 1 unspecified atom stereocenters. The van der Waals surface area contributed by atoms with E-state index in [1.165, 1.54) is 24.7 Å². The van der Waals surface area contributed by atoms with Gasteiger partial charge in [0.25, 0.3) is 0 Å². The van der Waals surface area contributed by atoms with Gasteiger partial charge in [-0.05, 0) is 38.5 Å². The number of unbranched alkanes of at least 4 members (excludes halogenated alkanes) is 2. The van der Waals surface area contributed by atoms with E-state index in [1.807, 2.05) is 21.6 Å². The Labute approximate surface area is 141 Å². The van der Waals surface area contributed by atoms with E-state index in [1.54, 1.807) is 0 Å². The molecule has 1 aliphatic rings. The lowest BCUT2D eigenvalue weighted by atomic mass is 10.1. The van der Waals surface area contributed by atoms with Crippen LogP contribution in [0.15, 0.2) is 25.0 Å². The molecule has 4 nitrogen and oxygen atoms in total. The third-order valence-corrected chi connectivity index (χ3v) is 6.18. The first-order valence-electron chi connectivity index (χ1n) is 7.77. The lowest BCUT2D eigenvalue weighted by Crippen LogP contribution is -2.03. The summed E-state index contributed by atoms with van der Waals surface area (Å²) >= 11 is 0. The summed E-state index contributed by atoms with van der Waals surface area (Å²) in [5.74, 6) is 1.61. The molecule has 0 aromatic rings. The predicted octanol–water partition coefficient (Wildman–Crippen LogP) is 4.67. The molecule has 1 saturated heterocycles. The molecule has 0 spiro atoms. The third kappa shape index (κ3) is 10.2. The monoisotopic (exact) mass is 346 g/mol. The molecule has 0 aromatic heterocycles. The van der Waals surface area contributed by atoms with Gasteiger partial charge in [0.2, 0.25) is 0 Å². The highest BCUT2D eigenvalue weighted by Gasteiger charge is 2.15. The molecule has 0 N–H and O–H groups in total. The highest BCUT2D eigenvalue weighted by molar-refractivity contribution is 8.77. The summed E-state index contributed by atoms with van der Waals surface area (Å²) < 4.78 is 4.88. The first-order chi connectivity index (χ1) is 10.7. The largest absolute Gasteiger partial charge is 0.463 e. The molecule has 126 valence electrons. The van der Waals surface area contributed by atoms with Gasteiger partial charge in [-0.2, -0.15) is 4.89 Å². The van der Waals surface area contributed by atoms with Gasteiger partial charge in [-0.1, -0.05) is 34.7 Å². The van der Waals surface area contributed by atoms with Crippen molar-refractivity contribution in [1.29, 1.82) is 0 Å². The number of carbonyl (C=O) groups is 1. The van der Waals surface area contributed by atoms with Crippen molar-refractivity contribution in [3.63, 3.8) is 0 Å². The summed E-state index contributed by atoms with van der Waals surface area (Å²) in [6, 6.07) is 0. The Balaban J connectivity index is 1.82. The Bertz CT molecular complexity index is 341. The second-order valence-electron chi connectivity index (χ2n) is 5.10. The highest BCUT2D eigenvalue weighted by atomic mass is 33.1. The average Bonchev–Trinajstić information content (AvgIpc) is 3.03. The van der Waals surface area contributed by atoms with Crippen molar-refractivity contribution in [2.45, 2.75) is 50.2 Å². The Kier molecular flexibility index (Phi) is 11.4. The SMILES string of the molecule is C=CC(=O)OCCCCCOOC(=C)CCCC1CCSS1. The molecule has 0 bridgehead atoms. The zero-order valence-corrected chi connectivity index (χ0v) is 14.7. The summed E-state index contributed by atoms with van der Waals surface area (Å²) in [6.45, 7) is 8.16. The van der Waals surface area contributed by atoms with Crippen LogP contribution in [0, 0.1) is 0 Å². The molecule has 22 heavy (non-hydrogen) atoms. The van der Waals surface area contributed by atoms with Crippen LogP contribution in [0.4, 0.5) is 0 Å². The zero-order valence-electron chi connectivity index (χ0n) is 13.1. The Morgan fingerprint density at radius 1 is 1.23 bits per heavy atom. The lowest BCUT2D eigenvalue weighted by Gasteiger charge is -2.09. The van der Waals surface area contributed by atoms with E-state index in [9.17, 15) is 4.79 Å². The van der Waals surface area contributed by atoms with Crippen LogP contribution in [0.2, 0.25) is 0 Å². The lowest BCUT2D eigenvalue weighted by molar-refractivity contribution is -0.264. The van der Waals surface area contributed by atoms with Crippen LogP contribution < -0.4 is 0 Å². The van der Waals surface area contributed by atoms with Gasteiger partial charge in [0.15, 0.2) is 0 Å². The molecular weight excluding hydrogens is 320 g/mol. The van der Waals surface area contributed by atoms with E-state index >= 15 is 0 Å². The predicted molar refractivity (Wildman–Crippen MR) is 93.5 cm³/mol. The van der Waals surface area contributed by atoms with Crippen molar-refractivity contribution in [2.24, 2.45) is 0 Å². The number of hydrogen-bond acceptors (Lipinski definition) is 6. The summed E-state index contributed by atoms with van der Waals surface area (Å²) in [6.07, 6.45) is 8.30. The van der Waals surface area contributed by atoms with Crippen LogP contribution in [0.5, 0.6) is 0 Å². The number of allylic oxidation sites excluding steroid dienone is 1. The Morgan fingerprint density at radius 3 is 2.77 bits per heavy atom. The van der Waals surface area contributed by atoms with E-state index < -0.39 is 0 Å². The summed E-state index contributed by atoms with van der Waals surface area (Å²) in [5, 5.41) is 0.800. The van der Waals surface area contributed by atoms with Crippen LogP contribution in [0.1, 0.15) is 44.9 Å². The smallest absolute Gasteiger partial charge is 0.330 e. The number of carbonyl (C=O) groups excluding carboxylic acids is 1.